The van der Waals surface area contributed by atoms with Gasteiger partial charge < -0.3 is 20.5 Å². The van der Waals surface area contributed by atoms with Gasteiger partial charge in [-0.15, -0.1) is 0 Å². The van der Waals surface area contributed by atoms with Gasteiger partial charge in [0.05, 0.1) is 18.1 Å². The molecule has 26 heavy (non-hydrogen) atoms. The van der Waals surface area contributed by atoms with Crippen LogP contribution >= 0.6 is 0 Å². The van der Waals surface area contributed by atoms with E-state index in [9.17, 15) is 18.0 Å². The lowest BCUT2D eigenvalue weighted by molar-refractivity contribution is -0.137. The number of nitrogens with one attached hydrogen (secondary N) is 1. The minimum Gasteiger partial charge on any atom is -0.381 e. The molecule has 5 nitrogen and oxygen atoms in total. The highest BCUT2D eigenvalue weighted by molar-refractivity contribution is 5.76. The number of benzene rings is 1. The van der Waals surface area contributed by atoms with Crippen LogP contribution in [0.25, 0.3) is 0 Å². The number of amides is 1. The van der Waals surface area contributed by atoms with Crippen LogP contribution in [-0.4, -0.2) is 45.4 Å². The molecule has 0 bridgehead atoms. The number of carbonyl (C=O) groups excluding carboxylic acids is 1. The average molecular weight is 374 g/mol. The number of hydrogen-bond donors (Lipinski definition) is 2. The lowest BCUT2D eigenvalue weighted by Crippen LogP contribution is -2.45. The first-order valence-electron chi connectivity index (χ1n) is 8.56. The molecule has 1 aromatic rings. The molecule has 0 aromatic heterocycles. The van der Waals surface area contributed by atoms with E-state index in [0.29, 0.717) is 31.6 Å². The van der Waals surface area contributed by atoms with Crippen molar-refractivity contribution in [2.24, 2.45) is 5.73 Å². The van der Waals surface area contributed by atoms with Gasteiger partial charge in [-0.2, -0.15) is 13.2 Å². The van der Waals surface area contributed by atoms with Gasteiger partial charge in [-0.05, 0) is 24.5 Å². The Hall–Kier alpha value is -1.64. The summed E-state index contributed by atoms with van der Waals surface area (Å²) in [5.41, 5.74) is 4.82. The minimum atomic E-state index is -4.40. The van der Waals surface area contributed by atoms with Crippen molar-refractivity contribution in [2.75, 3.05) is 33.4 Å². The fraction of sp³-hybridized carbons (Fsp3) is 0.611. The Morgan fingerprint density at radius 1 is 1.38 bits per heavy atom. The maximum absolute atomic E-state index is 13.1. The molecule has 1 aliphatic rings. The highest BCUT2D eigenvalue weighted by atomic mass is 19.4. The van der Waals surface area contributed by atoms with Crippen molar-refractivity contribution in [1.29, 1.82) is 0 Å². The van der Waals surface area contributed by atoms with Gasteiger partial charge in [-0.3, -0.25) is 4.79 Å². The summed E-state index contributed by atoms with van der Waals surface area (Å²) in [6.45, 7) is 1.35. The molecule has 146 valence electrons. The molecular formula is C18H25F3N2O3. The van der Waals surface area contributed by atoms with E-state index in [-0.39, 0.29) is 31.5 Å². The molecule has 3 N–H and O–H groups in total. The third kappa shape index (κ3) is 5.18. The van der Waals surface area contributed by atoms with Crippen molar-refractivity contribution in [1.82, 2.24) is 5.32 Å². The molecule has 1 aliphatic heterocycles. The summed E-state index contributed by atoms with van der Waals surface area (Å²) >= 11 is 0. The monoisotopic (exact) mass is 374 g/mol. The van der Waals surface area contributed by atoms with E-state index in [0.717, 1.165) is 6.07 Å². The van der Waals surface area contributed by atoms with E-state index < -0.39 is 17.2 Å². The topological polar surface area (TPSA) is 73.6 Å². The molecule has 1 saturated heterocycles. The first kappa shape index (κ1) is 20.7. The Kier molecular flexibility index (Phi) is 7.02. The third-order valence-corrected chi connectivity index (χ3v) is 4.89. The fourth-order valence-electron chi connectivity index (χ4n) is 3.16. The summed E-state index contributed by atoms with van der Waals surface area (Å²) in [5.74, 6) is -0.236. The molecule has 0 spiro atoms. The predicted octanol–water partition coefficient (Wildman–Crippen LogP) is 2.23. The largest absolute Gasteiger partial charge is 0.416 e. The summed E-state index contributed by atoms with van der Waals surface area (Å²) in [4.78, 5) is 12.2. The van der Waals surface area contributed by atoms with Crippen LogP contribution in [0.5, 0.6) is 0 Å². The number of carbonyl (C=O) groups is 1. The molecule has 0 radical (unpaired) electrons. The SMILES string of the molecule is COC(CN)CC(=O)NCC1(c2cccc(C(F)(F)F)c2)CCOCC1. The summed E-state index contributed by atoms with van der Waals surface area (Å²) in [5, 5.41) is 2.84. The van der Waals surface area contributed by atoms with Crippen molar-refractivity contribution in [3.8, 4) is 0 Å². The second-order valence-corrected chi connectivity index (χ2v) is 6.55. The Bertz CT molecular complexity index is 598. The van der Waals surface area contributed by atoms with Gasteiger partial charge in [0.15, 0.2) is 0 Å². The zero-order valence-corrected chi connectivity index (χ0v) is 14.8. The maximum atomic E-state index is 13.1. The third-order valence-electron chi connectivity index (χ3n) is 4.89. The molecule has 1 heterocycles. The van der Waals surface area contributed by atoms with E-state index in [2.05, 4.69) is 5.32 Å². The summed E-state index contributed by atoms with van der Waals surface area (Å²) in [6, 6.07) is 5.33. The van der Waals surface area contributed by atoms with E-state index >= 15 is 0 Å². The van der Waals surface area contributed by atoms with Crippen molar-refractivity contribution >= 4 is 5.91 Å². The van der Waals surface area contributed by atoms with E-state index in [4.69, 9.17) is 15.2 Å². The molecule has 0 aliphatic carbocycles. The van der Waals surface area contributed by atoms with Crippen LogP contribution in [0.2, 0.25) is 0 Å². The molecule has 1 fully saturated rings. The van der Waals surface area contributed by atoms with E-state index in [1.807, 2.05) is 0 Å². The van der Waals surface area contributed by atoms with E-state index in [1.54, 1.807) is 6.07 Å². The fourth-order valence-corrected chi connectivity index (χ4v) is 3.16. The molecule has 2 rings (SSSR count). The van der Waals surface area contributed by atoms with Crippen LogP contribution in [0.1, 0.15) is 30.4 Å². The van der Waals surface area contributed by atoms with Crippen LogP contribution in [0.15, 0.2) is 24.3 Å². The number of hydrogen-bond acceptors (Lipinski definition) is 4. The number of rotatable bonds is 7. The second-order valence-electron chi connectivity index (χ2n) is 6.55. The van der Waals surface area contributed by atoms with Gasteiger partial charge in [0, 0.05) is 38.8 Å². The van der Waals surface area contributed by atoms with Crippen LogP contribution in [0.3, 0.4) is 0 Å². The van der Waals surface area contributed by atoms with Crippen LogP contribution in [-0.2, 0) is 25.9 Å². The standard InChI is InChI=1S/C18H25F3N2O3/c1-25-15(11-22)10-16(24)23-12-17(5-7-26-8-6-17)13-3-2-4-14(9-13)18(19,20)21/h2-4,9,15H,5-8,10-12,22H2,1H3,(H,23,24). The van der Waals surface area contributed by atoms with Crippen LogP contribution in [0.4, 0.5) is 13.2 Å². The predicted molar refractivity (Wildman–Crippen MR) is 90.7 cm³/mol. The van der Waals surface area contributed by atoms with Gasteiger partial charge in [0.1, 0.15) is 0 Å². The molecule has 1 unspecified atom stereocenters. The Morgan fingerprint density at radius 3 is 2.65 bits per heavy atom. The number of methoxy groups -OCH3 is 1. The van der Waals surface area contributed by atoms with Crippen LogP contribution < -0.4 is 11.1 Å². The van der Waals surface area contributed by atoms with Crippen LogP contribution in [0, 0.1) is 0 Å². The second kappa shape index (κ2) is 8.83. The van der Waals surface area contributed by atoms with Gasteiger partial charge in [-0.25, -0.2) is 0 Å². The number of halogens is 3. The van der Waals surface area contributed by atoms with E-state index in [1.165, 1.54) is 19.2 Å². The zero-order chi connectivity index (χ0) is 19.2. The highest BCUT2D eigenvalue weighted by Gasteiger charge is 2.37. The molecule has 8 heteroatoms. The Balaban J connectivity index is 2.17. The highest BCUT2D eigenvalue weighted by Crippen LogP contribution is 2.37. The molecule has 0 saturated carbocycles. The molecular weight excluding hydrogens is 349 g/mol. The zero-order valence-electron chi connectivity index (χ0n) is 14.8. The summed E-state index contributed by atoms with van der Waals surface area (Å²) in [6.07, 6.45) is -3.59. The molecule has 1 aromatic carbocycles. The molecule has 1 atom stereocenters. The summed E-state index contributed by atoms with van der Waals surface area (Å²) in [7, 11) is 1.48. The quantitative estimate of drug-likeness (QED) is 0.768. The lowest BCUT2D eigenvalue weighted by atomic mass is 9.73. The van der Waals surface area contributed by atoms with Crippen molar-refractivity contribution in [3.63, 3.8) is 0 Å². The Morgan fingerprint density at radius 2 is 2.08 bits per heavy atom. The van der Waals surface area contributed by atoms with Gasteiger partial charge in [-0.1, -0.05) is 18.2 Å². The number of alkyl halides is 3. The normalized spacial score (nSPS) is 18.3. The lowest BCUT2D eigenvalue weighted by Gasteiger charge is -2.38. The number of ether oxygens (including phenoxy) is 2. The van der Waals surface area contributed by atoms with Gasteiger partial charge in [0.2, 0.25) is 5.91 Å². The first-order valence-corrected chi connectivity index (χ1v) is 8.56. The Labute approximate surface area is 151 Å². The maximum Gasteiger partial charge on any atom is 0.416 e. The average Bonchev–Trinajstić information content (AvgIpc) is 2.64. The summed E-state index contributed by atoms with van der Waals surface area (Å²) < 4.78 is 49.7. The van der Waals surface area contributed by atoms with Gasteiger partial charge in [0.25, 0.3) is 0 Å². The first-order chi connectivity index (χ1) is 12.3. The van der Waals surface area contributed by atoms with Crippen molar-refractivity contribution in [3.05, 3.63) is 35.4 Å². The minimum absolute atomic E-state index is 0.113. The molecule has 1 amide bonds. The smallest absolute Gasteiger partial charge is 0.381 e. The van der Waals surface area contributed by atoms with Gasteiger partial charge >= 0.3 is 6.18 Å². The number of nitrogens with two attached hydrogens (primary N) is 1. The van der Waals surface area contributed by atoms with Crippen molar-refractivity contribution in [2.45, 2.75) is 37.0 Å². The van der Waals surface area contributed by atoms with Crippen molar-refractivity contribution < 1.29 is 27.4 Å².